The average molecular weight is 350 g/mol. The van der Waals surface area contributed by atoms with Gasteiger partial charge in [0.25, 0.3) is 0 Å². The molecule has 1 aliphatic heterocycles. The first-order valence-electron chi connectivity index (χ1n) is 6.02. The number of nitrogens with one attached hydrogen (secondary N) is 1. The van der Waals surface area contributed by atoms with E-state index in [-0.39, 0.29) is 11.4 Å². The predicted octanol–water partition coefficient (Wildman–Crippen LogP) is 1.03. The number of sulfonamides is 1. The summed E-state index contributed by atoms with van der Waals surface area (Å²) in [5.41, 5.74) is 0. The largest absolute Gasteiger partial charge is 0.392 e. The summed E-state index contributed by atoms with van der Waals surface area (Å²) in [5, 5.41) is 12.4. The summed E-state index contributed by atoms with van der Waals surface area (Å²) in [5.74, 6) is 0.340. The van der Waals surface area contributed by atoms with E-state index in [2.05, 4.69) is 26.2 Å². The molecule has 2 rings (SSSR count). The predicted molar refractivity (Wildman–Crippen MR) is 75.5 cm³/mol. The second kappa shape index (κ2) is 5.74. The maximum atomic E-state index is 12.5. The van der Waals surface area contributed by atoms with Crippen LogP contribution in [-0.4, -0.2) is 48.6 Å². The number of hydrogen-bond donors (Lipinski definition) is 2. The highest BCUT2D eigenvalue weighted by atomic mass is 79.9. The summed E-state index contributed by atoms with van der Waals surface area (Å²) in [6, 6.07) is 1.53. The standard InChI is InChI=1S/C11H16BrN3O3S/c1-2-13-11-10(5-8(12)6-14-11)19(17,18)15-4-3-9(16)7-15/h5-6,9,16H,2-4,7H2,1H3,(H,13,14). The van der Waals surface area contributed by atoms with Gasteiger partial charge in [-0.25, -0.2) is 13.4 Å². The second-order valence-electron chi connectivity index (χ2n) is 4.34. The van der Waals surface area contributed by atoms with Crippen LogP contribution in [0.2, 0.25) is 0 Å². The number of hydrogen-bond acceptors (Lipinski definition) is 5. The topological polar surface area (TPSA) is 82.5 Å². The molecule has 1 saturated heterocycles. The Balaban J connectivity index is 2.41. The van der Waals surface area contributed by atoms with E-state index in [1.807, 2.05) is 6.92 Å². The lowest BCUT2D eigenvalue weighted by Crippen LogP contribution is -2.30. The van der Waals surface area contributed by atoms with Crippen molar-refractivity contribution in [1.29, 1.82) is 0 Å². The zero-order chi connectivity index (χ0) is 14.0. The van der Waals surface area contributed by atoms with Gasteiger partial charge in [0.15, 0.2) is 0 Å². The van der Waals surface area contributed by atoms with Gasteiger partial charge in [0.2, 0.25) is 10.0 Å². The van der Waals surface area contributed by atoms with Gasteiger partial charge in [-0.05, 0) is 35.3 Å². The molecule has 1 aromatic heterocycles. The van der Waals surface area contributed by atoms with Crippen molar-refractivity contribution >= 4 is 31.8 Å². The molecule has 0 aliphatic carbocycles. The van der Waals surface area contributed by atoms with Crippen LogP contribution in [0.25, 0.3) is 0 Å². The fourth-order valence-corrected chi connectivity index (χ4v) is 4.11. The van der Waals surface area contributed by atoms with Crippen molar-refractivity contribution < 1.29 is 13.5 Å². The Bertz CT molecular complexity index is 564. The van der Waals surface area contributed by atoms with Crippen LogP contribution in [0, 0.1) is 0 Å². The van der Waals surface area contributed by atoms with Crippen molar-refractivity contribution in [2.45, 2.75) is 24.3 Å². The van der Waals surface area contributed by atoms with Gasteiger partial charge in [0, 0.05) is 30.3 Å². The highest BCUT2D eigenvalue weighted by molar-refractivity contribution is 9.10. The Morgan fingerprint density at radius 2 is 2.37 bits per heavy atom. The van der Waals surface area contributed by atoms with Gasteiger partial charge in [-0.3, -0.25) is 0 Å². The van der Waals surface area contributed by atoms with E-state index in [1.54, 1.807) is 6.20 Å². The van der Waals surface area contributed by atoms with Gasteiger partial charge >= 0.3 is 0 Å². The molecule has 0 saturated carbocycles. The van der Waals surface area contributed by atoms with Gasteiger partial charge in [-0.1, -0.05) is 0 Å². The van der Waals surface area contributed by atoms with Gasteiger partial charge < -0.3 is 10.4 Å². The number of anilines is 1. The maximum Gasteiger partial charge on any atom is 0.246 e. The molecule has 6 nitrogen and oxygen atoms in total. The lowest BCUT2D eigenvalue weighted by molar-refractivity contribution is 0.189. The van der Waals surface area contributed by atoms with E-state index in [4.69, 9.17) is 0 Å². The molecule has 8 heteroatoms. The van der Waals surface area contributed by atoms with Crippen molar-refractivity contribution in [3.8, 4) is 0 Å². The molecule has 1 aliphatic rings. The molecule has 19 heavy (non-hydrogen) atoms. The molecule has 106 valence electrons. The molecule has 1 aromatic rings. The van der Waals surface area contributed by atoms with Crippen LogP contribution >= 0.6 is 15.9 Å². The monoisotopic (exact) mass is 349 g/mol. The summed E-state index contributed by atoms with van der Waals surface area (Å²) in [4.78, 5) is 4.24. The molecule has 2 N–H and O–H groups in total. The number of halogens is 1. The Morgan fingerprint density at radius 3 is 2.95 bits per heavy atom. The lowest BCUT2D eigenvalue weighted by Gasteiger charge is -2.18. The number of aliphatic hydroxyl groups excluding tert-OH is 1. The maximum absolute atomic E-state index is 12.5. The third kappa shape index (κ3) is 3.07. The normalized spacial score (nSPS) is 20.7. The molecular weight excluding hydrogens is 334 g/mol. The molecular formula is C11H16BrN3O3S. The fraction of sp³-hybridized carbons (Fsp3) is 0.545. The first-order chi connectivity index (χ1) is 8.95. The smallest absolute Gasteiger partial charge is 0.246 e. The molecule has 1 atom stereocenters. The summed E-state index contributed by atoms with van der Waals surface area (Å²) >= 11 is 3.24. The zero-order valence-electron chi connectivity index (χ0n) is 10.5. The van der Waals surface area contributed by atoms with Crippen LogP contribution in [0.3, 0.4) is 0 Å². The average Bonchev–Trinajstić information content (AvgIpc) is 2.79. The van der Waals surface area contributed by atoms with Gasteiger partial charge in [0.1, 0.15) is 10.7 Å². The second-order valence-corrected chi connectivity index (χ2v) is 7.16. The molecule has 1 fully saturated rings. The summed E-state index contributed by atoms with van der Waals surface area (Å²) in [7, 11) is -3.63. The van der Waals surface area contributed by atoms with Gasteiger partial charge in [-0.15, -0.1) is 0 Å². The Hall–Kier alpha value is -0.700. The van der Waals surface area contributed by atoms with Crippen LogP contribution < -0.4 is 5.32 Å². The molecule has 0 bridgehead atoms. The minimum Gasteiger partial charge on any atom is -0.392 e. The number of β-amino-alcohol motifs (C(OH)–C–C–N with tert-alkyl or cyclic N) is 1. The van der Waals surface area contributed by atoms with Crippen molar-refractivity contribution in [2.75, 3.05) is 25.0 Å². The molecule has 0 aromatic carbocycles. The SMILES string of the molecule is CCNc1ncc(Br)cc1S(=O)(=O)N1CCC(O)C1. The minimum atomic E-state index is -3.63. The fourth-order valence-electron chi connectivity index (χ4n) is 1.99. The highest BCUT2D eigenvalue weighted by Gasteiger charge is 2.33. The molecule has 2 heterocycles. The lowest BCUT2D eigenvalue weighted by atomic mass is 10.3. The number of aliphatic hydroxyl groups is 1. The van der Waals surface area contributed by atoms with Gasteiger partial charge in [0.05, 0.1) is 6.10 Å². The van der Waals surface area contributed by atoms with Crippen molar-refractivity contribution in [3.63, 3.8) is 0 Å². The summed E-state index contributed by atoms with van der Waals surface area (Å²) in [6.45, 7) is 2.93. The first kappa shape index (κ1) is 14.7. The molecule has 0 amide bonds. The zero-order valence-corrected chi connectivity index (χ0v) is 12.9. The van der Waals surface area contributed by atoms with Crippen molar-refractivity contribution in [1.82, 2.24) is 9.29 Å². The van der Waals surface area contributed by atoms with Crippen LogP contribution in [0.5, 0.6) is 0 Å². The number of pyridine rings is 1. The molecule has 0 spiro atoms. The molecule has 1 unspecified atom stereocenters. The summed E-state index contributed by atoms with van der Waals surface area (Å²) < 4.78 is 27.0. The van der Waals surface area contributed by atoms with E-state index in [0.29, 0.717) is 29.8 Å². The van der Waals surface area contributed by atoms with E-state index < -0.39 is 16.1 Å². The summed E-state index contributed by atoms with van der Waals surface area (Å²) in [6.07, 6.45) is 1.44. The Labute approximate surface area is 121 Å². The first-order valence-corrected chi connectivity index (χ1v) is 8.26. The van der Waals surface area contributed by atoms with Gasteiger partial charge in [-0.2, -0.15) is 4.31 Å². The minimum absolute atomic E-state index is 0.137. The number of rotatable bonds is 4. The van der Waals surface area contributed by atoms with Crippen LogP contribution in [0.1, 0.15) is 13.3 Å². The van der Waals surface area contributed by atoms with Crippen LogP contribution in [-0.2, 0) is 10.0 Å². The van der Waals surface area contributed by atoms with Crippen LogP contribution in [0.15, 0.2) is 21.6 Å². The number of aromatic nitrogens is 1. The Morgan fingerprint density at radius 1 is 1.63 bits per heavy atom. The third-order valence-corrected chi connectivity index (χ3v) is 5.22. The van der Waals surface area contributed by atoms with E-state index in [0.717, 1.165) is 0 Å². The molecule has 0 radical (unpaired) electrons. The van der Waals surface area contributed by atoms with E-state index in [1.165, 1.54) is 10.4 Å². The van der Waals surface area contributed by atoms with Crippen LogP contribution in [0.4, 0.5) is 5.82 Å². The Kier molecular flexibility index (Phi) is 4.44. The third-order valence-electron chi connectivity index (χ3n) is 2.91. The van der Waals surface area contributed by atoms with Crippen molar-refractivity contribution in [3.05, 3.63) is 16.7 Å². The quantitative estimate of drug-likeness (QED) is 0.848. The van der Waals surface area contributed by atoms with E-state index in [9.17, 15) is 13.5 Å². The van der Waals surface area contributed by atoms with E-state index >= 15 is 0 Å². The highest BCUT2D eigenvalue weighted by Crippen LogP contribution is 2.28. The number of nitrogens with zero attached hydrogens (tertiary/aromatic N) is 2. The van der Waals surface area contributed by atoms with Crippen molar-refractivity contribution in [2.24, 2.45) is 0 Å².